The Morgan fingerprint density at radius 3 is 2.39 bits per heavy atom. The second-order valence-electron chi connectivity index (χ2n) is 6.57. The van der Waals surface area contributed by atoms with Crippen LogP contribution in [-0.4, -0.2) is 60.9 Å². The van der Waals surface area contributed by atoms with Gasteiger partial charge in [-0.1, -0.05) is 35.0 Å². The van der Waals surface area contributed by atoms with Crippen LogP contribution in [0.3, 0.4) is 0 Å². The number of piperazine rings is 1. The van der Waals surface area contributed by atoms with Crippen LogP contribution in [-0.2, 0) is 4.79 Å². The van der Waals surface area contributed by atoms with Crippen LogP contribution in [0.2, 0.25) is 0 Å². The molecule has 2 aromatic carbocycles. The van der Waals surface area contributed by atoms with Crippen LogP contribution in [0.15, 0.2) is 53.0 Å². The summed E-state index contributed by atoms with van der Waals surface area (Å²) < 4.78 is 6.61. The minimum atomic E-state index is -0.277. The van der Waals surface area contributed by atoms with E-state index in [4.69, 9.17) is 4.74 Å². The van der Waals surface area contributed by atoms with Gasteiger partial charge >= 0.3 is 0 Å². The topological polar surface area (TPSA) is 61.9 Å². The van der Waals surface area contributed by atoms with E-state index in [1.807, 2.05) is 23.1 Å². The van der Waals surface area contributed by atoms with Gasteiger partial charge in [0.2, 0.25) is 0 Å². The zero-order valence-corrected chi connectivity index (χ0v) is 17.4. The van der Waals surface area contributed by atoms with Crippen LogP contribution in [0.4, 0.5) is 5.69 Å². The molecule has 148 valence electrons. The van der Waals surface area contributed by atoms with Crippen molar-refractivity contribution in [3.8, 4) is 5.75 Å². The van der Waals surface area contributed by atoms with E-state index in [0.717, 1.165) is 24.1 Å². The summed E-state index contributed by atoms with van der Waals surface area (Å²) in [7, 11) is 0. The number of benzene rings is 2. The molecule has 1 aliphatic rings. The Bertz CT molecular complexity index is 818. The van der Waals surface area contributed by atoms with E-state index in [2.05, 4.69) is 33.1 Å². The first kappa shape index (κ1) is 20.4. The van der Waals surface area contributed by atoms with Gasteiger partial charge < -0.3 is 19.9 Å². The van der Waals surface area contributed by atoms with Crippen LogP contribution >= 0.6 is 15.9 Å². The van der Waals surface area contributed by atoms with Crippen molar-refractivity contribution in [2.45, 2.75) is 6.92 Å². The summed E-state index contributed by atoms with van der Waals surface area (Å²) in [6.07, 6.45) is 0. The Balaban J connectivity index is 1.59. The number of hydrogen-bond acceptors (Lipinski definition) is 4. The van der Waals surface area contributed by atoms with E-state index in [0.29, 0.717) is 30.1 Å². The van der Waals surface area contributed by atoms with Gasteiger partial charge in [-0.15, -0.1) is 0 Å². The molecule has 0 spiro atoms. The van der Waals surface area contributed by atoms with Crippen LogP contribution in [0.5, 0.6) is 5.75 Å². The van der Waals surface area contributed by atoms with Crippen LogP contribution in [0.1, 0.15) is 17.3 Å². The molecule has 0 aromatic heterocycles. The second-order valence-corrected chi connectivity index (χ2v) is 7.48. The zero-order valence-electron chi connectivity index (χ0n) is 15.9. The monoisotopic (exact) mass is 445 g/mol. The standard InChI is InChI=1S/C21H24BrN3O3/c1-2-24-11-13-25(14-12-24)21(27)18-5-3-4-6-19(18)28-15-20(26)23-17-9-7-16(22)8-10-17/h3-10H,2,11-15H2,1H3,(H,23,26). The van der Waals surface area contributed by atoms with Gasteiger partial charge in [-0.2, -0.15) is 0 Å². The van der Waals surface area contributed by atoms with Crippen LogP contribution in [0.25, 0.3) is 0 Å². The van der Waals surface area contributed by atoms with Gasteiger partial charge in [0, 0.05) is 36.3 Å². The van der Waals surface area contributed by atoms with Crippen molar-refractivity contribution < 1.29 is 14.3 Å². The van der Waals surface area contributed by atoms with Gasteiger partial charge in [0.25, 0.3) is 11.8 Å². The Morgan fingerprint density at radius 1 is 1.04 bits per heavy atom. The van der Waals surface area contributed by atoms with Crippen molar-refractivity contribution in [3.05, 3.63) is 58.6 Å². The molecular formula is C21H24BrN3O3. The van der Waals surface area contributed by atoms with Gasteiger partial charge in [0.15, 0.2) is 6.61 Å². The predicted molar refractivity (Wildman–Crippen MR) is 113 cm³/mol. The van der Waals surface area contributed by atoms with Crippen molar-refractivity contribution in [2.75, 3.05) is 44.6 Å². The van der Waals surface area contributed by atoms with Crippen LogP contribution < -0.4 is 10.1 Å². The molecule has 0 radical (unpaired) electrons. The number of hydrogen-bond donors (Lipinski definition) is 1. The molecule has 1 fully saturated rings. The zero-order chi connectivity index (χ0) is 19.9. The summed E-state index contributed by atoms with van der Waals surface area (Å²) in [5.41, 5.74) is 1.18. The number of nitrogens with one attached hydrogen (secondary N) is 1. The number of nitrogens with zero attached hydrogens (tertiary/aromatic N) is 2. The van der Waals surface area contributed by atoms with Crippen molar-refractivity contribution in [1.82, 2.24) is 9.80 Å². The van der Waals surface area contributed by atoms with Gasteiger partial charge in [-0.3, -0.25) is 9.59 Å². The molecule has 28 heavy (non-hydrogen) atoms. The Hall–Kier alpha value is -2.38. The average Bonchev–Trinajstić information content (AvgIpc) is 2.73. The Morgan fingerprint density at radius 2 is 1.71 bits per heavy atom. The smallest absolute Gasteiger partial charge is 0.262 e. The molecule has 1 saturated heterocycles. The fraction of sp³-hybridized carbons (Fsp3) is 0.333. The summed E-state index contributed by atoms with van der Waals surface area (Å²) in [5, 5.41) is 2.78. The molecule has 3 rings (SSSR count). The number of rotatable bonds is 6. The number of halogens is 1. The molecule has 2 aromatic rings. The number of carbonyl (C=O) groups excluding carboxylic acids is 2. The molecule has 1 heterocycles. The van der Waals surface area contributed by atoms with Gasteiger partial charge in [0.1, 0.15) is 5.75 Å². The number of amides is 2. The fourth-order valence-electron chi connectivity index (χ4n) is 3.08. The first-order valence-electron chi connectivity index (χ1n) is 9.35. The van der Waals surface area contributed by atoms with Gasteiger partial charge in [-0.25, -0.2) is 0 Å². The molecule has 6 nitrogen and oxygen atoms in total. The summed E-state index contributed by atoms with van der Waals surface area (Å²) in [4.78, 5) is 29.2. The van der Waals surface area contributed by atoms with E-state index in [9.17, 15) is 9.59 Å². The molecule has 0 saturated carbocycles. The fourth-order valence-corrected chi connectivity index (χ4v) is 3.34. The first-order chi connectivity index (χ1) is 13.6. The minimum Gasteiger partial charge on any atom is -0.483 e. The molecule has 1 N–H and O–H groups in total. The molecule has 0 aliphatic carbocycles. The molecular weight excluding hydrogens is 422 g/mol. The minimum absolute atomic E-state index is 0.0559. The van der Waals surface area contributed by atoms with Gasteiger partial charge in [0.05, 0.1) is 5.56 Å². The number of anilines is 1. The number of ether oxygens (including phenoxy) is 1. The van der Waals surface area contributed by atoms with E-state index in [-0.39, 0.29) is 18.4 Å². The maximum absolute atomic E-state index is 12.9. The number of para-hydroxylation sites is 1. The van der Waals surface area contributed by atoms with E-state index in [1.165, 1.54) is 0 Å². The third kappa shape index (κ3) is 5.33. The summed E-state index contributed by atoms with van der Waals surface area (Å²) >= 11 is 3.36. The number of likely N-dealkylation sites (N-methyl/N-ethyl adjacent to an activating group) is 1. The van der Waals surface area contributed by atoms with Crippen LogP contribution in [0, 0.1) is 0 Å². The highest BCUT2D eigenvalue weighted by Gasteiger charge is 2.23. The molecule has 1 aliphatic heterocycles. The van der Waals surface area contributed by atoms with E-state index >= 15 is 0 Å². The molecule has 0 atom stereocenters. The predicted octanol–water partition coefficient (Wildman–Crippen LogP) is 3.24. The molecule has 0 bridgehead atoms. The summed E-state index contributed by atoms with van der Waals surface area (Å²) in [6.45, 7) is 6.11. The lowest BCUT2D eigenvalue weighted by Crippen LogP contribution is -2.48. The summed E-state index contributed by atoms with van der Waals surface area (Å²) in [6, 6.07) is 14.4. The quantitative estimate of drug-likeness (QED) is 0.740. The molecule has 0 unspecified atom stereocenters. The van der Waals surface area contributed by atoms with Crippen molar-refractivity contribution >= 4 is 33.4 Å². The third-order valence-electron chi connectivity index (χ3n) is 4.71. The number of carbonyl (C=O) groups is 2. The van der Waals surface area contributed by atoms with E-state index < -0.39 is 0 Å². The Kier molecular flexibility index (Phi) is 7.06. The average molecular weight is 446 g/mol. The lowest BCUT2D eigenvalue weighted by molar-refractivity contribution is -0.118. The normalized spacial score (nSPS) is 14.6. The highest BCUT2D eigenvalue weighted by molar-refractivity contribution is 9.10. The highest BCUT2D eigenvalue weighted by atomic mass is 79.9. The lowest BCUT2D eigenvalue weighted by atomic mass is 10.1. The van der Waals surface area contributed by atoms with Crippen molar-refractivity contribution in [1.29, 1.82) is 0 Å². The second kappa shape index (κ2) is 9.71. The highest BCUT2D eigenvalue weighted by Crippen LogP contribution is 2.21. The van der Waals surface area contributed by atoms with Gasteiger partial charge in [-0.05, 0) is 42.9 Å². The van der Waals surface area contributed by atoms with Crippen molar-refractivity contribution in [2.24, 2.45) is 0 Å². The van der Waals surface area contributed by atoms with E-state index in [1.54, 1.807) is 30.3 Å². The molecule has 2 amide bonds. The Labute approximate surface area is 173 Å². The largest absolute Gasteiger partial charge is 0.483 e. The third-order valence-corrected chi connectivity index (χ3v) is 5.24. The summed E-state index contributed by atoms with van der Waals surface area (Å²) in [5.74, 6) is 0.0946. The maximum Gasteiger partial charge on any atom is 0.262 e. The lowest BCUT2D eigenvalue weighted by Gasteiger charge is -2.34. The van der Waals surface area contributed by atoms with Crippen molar-refractivity contribution in [3.63, 3.8) is 0 Å². The molecule has 7 heteroatoms. The first-order valence-corrected chi connectivity index (χ1v) is 10.1. The maximum atomic E-state index is 12.9. The SMILES string of the molecule is CCN1CCN(C(=O)c2ccccc2OCC(=O)Nc2ccc(Br)cc2)CC1.